The second-order valence-corrected chi connectivity index (χ2v) is 15.1. The van der Waals surface area contributed by atoms with Crippen LogP contribution in [-0.2, 0) is 18.3 Å². The summed E-state index contributed by atoms with van der Waals surface area (Å²) in [5.74, 6) is 0. The highest BCUT2D eigenvalue weighted by Crippen LogP contribution is 2.64. The molecular weight excluding hydrogens is 651 g/mol. The summed E-state index contributed by atoms with van der Waals surface area (Å²) in [5.41, 5.74) is 21.7. The molecule has 0 N–H and O–H groups in total. The summed E-state index contributed by atoms with van der Waals surface area (Å²) in [7, 11) is 0. The Bertz CT molecular complexity index is 2660. The maximum atomic E-state index is 2.56. The predicted octanol–water partition coefficient (Wildman–Crippen LogP) is 13.7. The van der Waals surface area contributed by atoms with E-state index in [1.165, 1.54) is 103 Å². The normalized spacial score (nSPS) is 14.1. The van der Waals surface area contributed by atoms with Crippen LogP contribution in [0.4, 0.5) is 17.1 Å². The zero-order valence-electron chi connectivity index (χ0n) is 30.2. The van der Waals surface area contributed by atoms with E-state index in [9.17, 15) is 0 Å². The van der Waals surface area contributed by atoms with Gasteiger partial charge in [-0.3, -0.25) is 0 Å². The van der Waals surface area contributed by atoms with Crippen molar-refractivity contribution in [1.29, 1.82) is 0 Å². The highest BCUT2D eigenvalue weighted by atomic mass is 15.1. The molecule has 0 bridgehead atoms. The number of fused-ring (bicyclic) bond motifs is 11. The summed E-state index contributed by atoms with van der Waals surface area (Å²) >= 11 is 0. The second-order valence-electron chi connectivity index (χ2n) is 15.1. The van der Waals surface area contributed by atoms with E-state index in [2.05, 4.69) is 193 Å². The highest BCUT2D eigenvalue weighted by molar-refractivity contribution is 6.00. The van der Waals surface area contributed by atoms with Crippen molar-refractivity contribution in [2.45, 2.75) is 31.1 Å². The van der Waals surface area contributed by atoms with Crippen LogP contribution in [0.25, 0.3) is 44.5 Å². The van der Waals surface area contributed by atoms with Crippen LogP contribution in [0.1, 0.15) is 46.2 Å². The number of anilines is 3. The Kier molecular flexibility index (Phi) is 7.10. The maximum absolute atomic E-state index is 2.56. The minimum Gasteiger partial charge on any atom is -0.310 e. The van der Waals surface area contributed by atoms with Gasteiger partial charge in [0.25, 0.3) is 0 Å². The molecule has 256 valence electrons. The smallest absolute Gasteiger partial charge is 0.0726 e. The van der Waals surface area contributed by atoms with Gasteiger partial charge in [-0.2, -0.15) is 0 Å². The number of nitrogens with zero attached hydrogens (tertiary/aromatic N) is 1. The summed E-state index contributed by atoms with van der Waals surface area (Å²) in [6.45, 7) is 0. The molecule has 0 radical (unpaired) electrons. The largest absolute Gasteiger partial charge is 0.310 e. The van der Waals surface area contributed by atoms with Gasteiger partial charge in [0.1, 0.15) is 0 Å². The first-order valence-corrected chi connectivity index (χ1v) is 19.4. The molecule has 0 aliphatic heterocycles. The van der Waals surface area contributed by atoms with E-state index in [1.807, 2.05) is 0 Å². The van der Waals surface area contributed by atoms with Crippen LogP contribution < -0.4 is 4.90 Å². The molecule has 1 spiro atoms. The van der Waals surface area contributed by atoms with Crippen LogP contribution >= 0.6 is 0 Å². The first-order chi connectivity index (χ1) is 26.8. The van der Waals surface area contributed by atoms with Crippen molar-refractivity contribution in [3.05, 3.63) is 221 Å². The molecule has 0 amide bonds. The minimum absolute atomic E-state index is 0.429. The van der Waals surface area contributed by atoms with E-state index < -0.39 is 5.41 Å². The van der Waals surface area contributed by atoms with E-state index in [0.717, 1.165) is 17.8 Å². The topological polar surface area (TPSA) is 3.24 Å². The minimum atomic E-state index is -0.429. The number of benzene rings is 8. The van der Waals surface area contributed by atoms with Crippen molar-refractivity contribution in [2.75, 3.05) is 4.90 Å². The Morgan fingerprint density at radius 1 is 0.333 bits per heavy atom. The molecule has 1 nitrogen and oxygen atoms in total. The standard InChI is InChI=1S/C53H39N/c1-3-15-36(16-4-1)38-29-31-42(32-30-38)54(41-19-5-2-6-20-41)52-35-51-47(34-46(52)40-28-27-37-17-7-8-18-39(37)33-40)45-23-11-14-26-50(45)53(51)48-24-12-9-21-43(48)44-22-10-13-25-49(44)53/h1-6,9-16,19-35H,7-8,17-18H2. The molecule has 1 heteroatoms. The number of rotatable bonds is 5. The molecule has 54 heavy (non-hydrogen) atoms. The third-order valence-electron chi connectivity index (χ3n) is 12.3. The predicted molar refractivity (Wildman–Crippen MR) is 225 cm³/mol. The van der Waals surface area contributed by atoms with Gasteiger partial charge in [0.05, 0.1) is 11.1 Å². The lowest BCUT2D eigenvalue weighted by Crippen LogP contribution is -2.26. The van der Waals surface area contributed by atoms with E-state index in [0.29, 0.717) is 0 Å². The molecule has 0 heterocycles. The van der Waals surface area contributed by atoms with Gasteiger partial charge in [0.15, 0.2) is 0 Å². The molecule has 8 aromatic rings. The highest BCUT2D eigenvalue weighted by Gasteiger charge is 2.52. The van der Waals surface area contributed by atoms with Crippen molar-refractivity contribution in [2.24, 2.45) is 0 Å². The Hall–Kier alpha value is -6.44. The van der Waals surface area contributed by atoms with E-state index in [4.69, 9.17) is 0 Å². The molecule has 11 rings (SSSR count). The Labute approximate surface area is 317 Å². The molecule has 0 saturated carbocycles. The fourth-order valence-corrected chi connectivity index (χ4v) is 9.88. The molecule has 0 aromatic heterocycles. The Morgan fingerprint density at radius 2 is 0.833 bits per heavy atom. The molecule has 3 aliphatic rings. The van der Waals surface area contributed by atoms with Crippen LogP contribution in [0.15, 0.2) is 188 Å². The van der Waals surface area contributed by atoms with Crippen molar-refractivity contribution in [1.82, 2.24) is 0 Å². The Balaban J connectivity index is 1.23. The van der Waals surface area contributed by atoms with Crippen LogP contribution in [0.3, 0.4) is 0 Å². The third-order valence-corrected chi connectivity index (χ3v) is 12.3. The van der Waals surface area contributed by atoms with Crippen LogP contribution in [-0.4, -0.2) is 0 Å². The SMILES string of the molecule is c1ccc(-c2ccc(N(c3ccccc3)c3cc4c(cc3-c3ccc5c(c3)CCCC5)-c3ccccc3C43c4ccccc4-c4ccccc43)cc2)cc1. The lowest BCUT2D eigenvalue weighted by atomic mass is 9.70. The summed E-state index contributed by atoms with van der Waals surface area (Å²) in [6.07, 6.45) is 4.85. The van der Waals surface area contributed by atoms with E-state index in [1.54, 1.807) is 0 Å². The molecule has 0 unspecified atom stereocenters. The molecule has 0 fully saturated rings. The Morgan fingerprint density at radius 3 is 1.48 bits per heavy atom. The molecule has 0 atom stereocenters. The van der Waals surface area contributed by atoms with Gasteiger partial charge in [-0.1, -0.05) is 152 Å². The van der Waals surface area contributed by atoms with Gasteiger partial charge in [0, 0.05) is 16.9 Å². The zero-order valence-corrected chi connectivity index (χ0v) is 30.2. The van der Waals surface area contributed by atoms with Gasteiger partial charge < -0.3 is 4.90 Å². The molecule has 8 aromatic carbocycles. The summed E-state index contributed by atoms with van der Waals surface area (Å²) in [5, 5.41) is 0. The van der Waals surface area contributed by atoms with Gasteiger partial charge in [-0.15, -0.1) is 0 Å². The van der Waals surface area contributed by atoms with E-state index in [-0.39, 0.29) is 0 Å². The summed E-state index contributed by atoms with van der Waals surface area (Å²) < 4.78 is 0. The number of hydrogen-bond acceptors (Lipinski definition) is 1. The fraction of sp³-hybridized carbons (Fsp3) is 0.0943. The molecular formula is C53H39N. The van der Waals surface area contributed by atoms with Gasteiger partial charge >= 0.3 is 0 Å². The van der Waals surface area contributed by atoms with Gasteiger partial charge in [-0.05, 0) is 134 Å². The molecule has 0 saturated heterocycles. The number of hydrogen-bond donors (Lipinski definition) is 0. The van der Waals surface area contributed by atoms with Gasteiger partial charge in [0.2, 0.25) is 0 Å². The van der Waals surface area contributed by atoms with Crippen LogP contribution in [0.2, 0.25) is 0 Å². The van der Waals surface area contributed by atoms with Crippen molar-refractivity contribution in [3.63, 3.8) is 0 Å². The lowest BCUT2D eigenvalue weighted by molar-refractivity contribution is 0.686. The summed E-state index contributed by atoms with van der Waals surface area (Å²) in [4.78, 5) is 2.49. The number of para-hydroxylation sites is 1. The van der Waals surface area contributed by atoms with Crippen molar-refractivity contribution >= 4 is 17.1 Å². The van der Waals surface area contributed by atoms with Crippen molar-refractivity contribution < 1.29 is 0 Å². The fourth-order valence-electron chi connectivity index (χ4n) is 9.88. The first kappa shape index (κ1) is 31.1. The lowest BCUT2D eigenvalue weighted by Gasteiger charge is -2.33. The average molecular weight is 690 g/mol. The third kappa shape index (κ3) is 4.58. The van der Waals surface area contributed by atoms with Crippen molar-refractivity contribution in [3.8, 4) is 44.5 Å². The van der Waals surface area contributed by atoms with Crippen LogP contribution in [0.5, 0.6) is 0 Å². The monoisotopic (exact) mass is 689 g/mol. The number of aryl methyl sites for hydroxylation is 2. The average Bonchev–Trinajstić information content (AvgIpc) is 3.71. The zero-order chi connectivity index (χ0) is 35.6. The second kappa shape index (κ2) is 12.3. The van der Waals surface area contributed by atoms with Crippen LogP contribution in [0, 0.1) is 0 Å². The first-order valence-electron chi connectivity index (χ1n) is 19.4. The van der Waals surface area contributed by atoms with Gasteiger partial charge in [-0.25, -0.2) is 0 Å². The quantitative estimate of drug-likeness (QED) is 0.174. The maximum Gasteiger partial charge on any atom is 0.0726 e. The van der Waals surface area contributed by atoms with E-state index >= 15 is 0 Å². The molecule has 3 aliphatic carbocycles. The summed E-state index contributed by atoms with van der Waals surface area (Å²) in [6, 6.07) is 70.5.